The van der Waals surface area contributed by atoms with Crippen LogP contribution in [0.2, 0.25) is 0 Å². The fourth-order valence-corrected chi connectivity index (χ4v) is 5.68. The maximum Gasteiger partial charge on any atom is 0.306 e. The molecular weight excluding hydrogens is 344 g/mol. The molecule has 4 atom stereocenters. The number of hydrogen-bond acceptors (Lipinski definition) is 6. The van der Waals surface area contributed by atoms with Crippen molar-refractivity contribution in [3.63, 3.8) is 0 Å². The fraction of sp³-hybridized carbons (Fsp3) is 0.889. The van der Waals surface area contributed by atoms with Crippen LogP contribution in [0.3, 0.4) is 0 Å². The van der Waals surface area contributed by atoms with Gasteiger partial charge in [-0.25, -0.2) is 0 Å². The summed E-state index contributed by atoms with van der Waals surface area (Å²) in [6.07, 6.45) is 4.83. The first-order valence-corrected chi connectivity index (χ1v) is 11.0. The number of methoxy groups -OCH3 is 2. The molecular formula is C18H32O4S2. The van der Waals surface area contributed by atoms with E-state index >= 15 is 0 Å². The molecule has 0 aromatic rings. The Morgan fingerprint density at radius 3 is 2.33 bits per heavy atom. The molecule has 0 bridgehead atoms. The summed E-state index contributed by atoms with van der Waals surface area (Å²) in [7, 11) is 2.89. The molecule has 0 spiro atoms. The van der Waals surface area contributed by atoms with E-state index in [9.17, 15) is 9.59 Å². The quantitative estimate of drug-likeness (QED) is 0.424. The van der Waals surface area contributed by atoms with Gasteiger partial charge < -0.3 is 9.47 Å². The molecule has 24 heavy (non-hydrogen) atoms. The molecule has 0 aromatic carbocycles. The van der Waals surface area contributed by atoms with Crippen LogP contribution in [-0.2, 0) is 19.1 Å². The Balaban J connectivity index is 2.29. The number of ether oxygens (including phenoxy) is 2. The maximum absolute atomic E-state index is 11.3. The molecule has 1 fully saturated rings. The summed E-state index contributed by atoms with van der Waals surface area (Å²) in [5.74, 6) is 4.72. The van der Waals surface area contributed by atoms with E-state index in [1.807, 2.05) is 23.5 Å². The molecule has 0 saturated heterocycles. The molecule has 4 nitrogen and oxygen atoms in total. The van der Waals surface area contributed by atoms with Crippen LogP contribution in [0.1, 0.15) is 46.0 Å². The lowest BCUT2D eigenvalue weighted by Crippen LogP contribution is -2.30. The Hall–Kier alpha value is -0.360. The smallest absolute Gasteiger partial charge is 0.306 e. The van der Waals surface area contributed by atoms with Gasteiger partial charge in [0.25, 0.3) is 0 Å². The highest BCUT2D eigenvalue weighted by atomic mass is 32.2. The van der Waals surface area contributed by atoms with Crippen LogP contribution in [0.25, 0.3) is 0 Å². The highest BCUT2D eigenvalue weighted by molar-refractivity contribution is 8.00. The Kier molecular flexibility index (Phi) is 10.9. The summed E-state index contributed by atoms with van der Waals surface area (Å²) in [4.78, 5) is 22.4. The number of carbonyl (C=O) groups excluding carboxylic acids is 2. The lowest BCUT2D eigenvalue weighted by Gasteiger charge is -2.37. The summed E-state index contributed by atoms with van der Waals surface area (Å²) in [5.41, 5.74) is 0. The Labute approximate surface area is 155 Å². The minimum atomic E-state index is -0.122. The third kappa shape index (κ3) is 8.15. The van der Waals surface area contributed by atoms with Gasteiger partial charge in [0.15, 0.2) is 0 Å². The average Bonchev–Trinajstić information content (AvgIpc) is 2.59. The van der Waals surface area contributed by atoms with Gasteiger partial charge in [0.05, 0.1) is 27.1 Å². The van der Waals surface area contributed by atoms with E-state index < -0.39 is 0 Å². The average molecular weight is 377 g/mol. The van der Waals surface area contributed by atoms with Gasteiger partial charge in [-0.1, -0.05) is 13.8 Å². The molecule has 4 unspecified atom stereocenters. The van der Waals surface area contributed by atoms with Crippen molar-refractivity contribution in [1.82, 2.24) is 0 Å². The van der Waals surface area contributed by atoms with Crippen LogP contribution in [-0.4, -0.2) is 48.7 Å². The first-order valence-electron chi connectivity index (χ1n) is 8.80. The second-order valence-electron chi connectivity index (χ2n) is 6.66. The van der Waals surface area contributed by atoms with Gasteiger partial charge in [-0.2, -0.15) is 23.5 Å². The molecule has 140 valence electrons. The van der Waals surface area contributed by atoms with Crippen molar-refractivity contribution in [3.8, 4) is 0 Å². The minimum Gasteiger partial charge on any atom is -0.469 e. The van der Waals surface area contributed by atoms with Gasteiger partial charge in [0.2, 0.25) is 0 Å². The molecule has 1 saturated carbocycles. The SMILES string of the molecule is COC(=O)CCSCC(C)C1CCC(C)C(SCCC(=O)OC)C1. The van der Waals surface area contributed by atoms with E-state index in [4.69, 9.17) is 4.74 Å². The van der Waals surface area contributed by atoms with E-state index in [0.29, 0.717) is 24.0 Å². The van der Waals surface area contributed by atoms with Crippen molar-refractivity contribution >= 4 is 35.5 Å². The molecule has 1 aliphatic carbocycles. The van der Waals surface area contributed by atoms with Crippen molar-refractivity contribution in [1.29, 1.82) is 0 Å². The summed E-state index contributed by atoms with van der Waals surface area (Å²) >= 11 is 3.79. The predicted octanol–water partition coefficient (Wildman–Crippen LogP) is 4.02. The molecule has 0 heterocycles. The Bertz CT molecular complexity index is 389. The second-order valence-corrected chi connectivity index (χ2v) is 9.16. The first-order chi connectivity index (χ1) is 11.5. The van der Waals surface area contributed by atoms with Crippen LogP contribution < -0.4 is 0 Å². The van der Waals surface area contributed by atoms with Gasteiger partial charge in [0, 0.05) is 16.8 Å². The maximum atomic E-state index is 11.3. The fourth-order valence-electron chi connectivity index (χ4n) is 3.12. The third-order valence-electron chi connectivity index (χ3n) is 4.89. The van der Waals surface area contributed by atoms with Crippen molar-refractivity contribution in [2.24, 2.45) is 17.8 Å². The summed E-state index contributed by atoms with van der Waals surface area (Å²) in [6.45, 7) is 4.67. The van der Waals surface area contributed by atoms with Gasteiger partial charge >= 0.3 is 11.9 Å². The van der Waals surface area contributed by atoms with E-state index in [0.717, 1.165) is 29.1 Å². The lowest BCUT2D eigenvalue weighted by molar-refractivity contribution is -0.141. The van der Waals surface area contributed by atoms with Crippen molar-refractivity contribution in [3.05, 3.63) is 0 Å². The number of hydrogen-bond donors (Lipinski definition) is 0. The number of thioether (sulfide) groups is 2. The third-order valence-corrected chi connectivity index (χ3v) is 7.67. The standard InChI is InChI=1S/C18H32O4S2/c1-13-5-6-15(11-16(13)24-10-8-18(20)22-4)14(2)12-23-9-7-17(19)21-3/h13-16H,5-12H2,1-4H3. The molecule has 0 radical (unpaired) electrons. The molecule has 6 heteroatoms. The topological polar surface area (TPSA) is 52.6 Å². The largest absolute Gasteiger partial charge is 0.469 e. The van der Waals surface area contributed by atoms with Crippen molar-refractivity contribution in [2.45, 2.75) is 51.2 Å². The lowest BCUT2D eigenvalue weighted by atomic mass is 9.77. The molecule has 0 aromatic heterocycles. The first kappa shape index (κ1) is 21.7. The van der Waals surface area contributed by atoms with Crippen LogP contribution in [0.5, 0.6) is 0 Å². The number of esters is 2. The van der Waals surface area contributed by atoms with Crippen LogP contribution in [0.4, 0.5) is 0 Å². The predicted molar refractivity (Wildman–Crippen MR) is 103 cm³/mol. The van der Waals surface area contributed by atoms with Gasteiger partial charge in [0.1, 0.15) is 0 Å². The molecule has 0 amide bonds. The summed E-state index contributed by atoms with van der Waals surface area (Å²) < 4.78 is 9.39. The van der Waals surface area contributed by atoms with E-state index in [1.165, 1.54) is 33.5 Å². The number of carbonyl (C=O) groups is 2. The van der Waals surface area contributed by atoms with Crippen molar-refractivity contribution in [2.75, 3.05) is 31.5 Å². The normalized spacial score (nSPS) is 25.1. The Morgan fingerprint density at radius 1 is 1.08 bits per heavy atom. The molecule has 1 aliphatic rings. The molecule has 0 N–H and O–H groups in total. The molecule has 0 aliphatic heterocycles. The number of rotatable bonds is 10. The zero-order chi connectivity index (χ0) is 17.9. The zero-order valence-electron chi connectivity index (χ0n) is 15.4. The van der Waals surface area contributed by atoms with E-state index in [2.05, 4.69) is 18.6 Å². The van der Waals surface area contributed by atoms with Gasteiger partial charge in [-0.3, -0.25) is 9.59 Å². The molecule has 1 rings (SSSR count). The van der Waals surface area contributed by atoms with Crippen LogP contribution in [0.15, 0.2) is 0 Å². The van der Waals surface area contributed by atoms with E-state index in [-0.39, 0.29) is 11.9 Å². The van der Waals surface area contributed by atoms with Crippen LogP contribution >= 0.6 is 23.5 Å². The minimum absolute atomic E-state index is 0.113. The highest BCUT2D eigenvalue weighted by Crippen LogP contribution is 2.40. The Morgan fingerprint density at radius 2 is 1.71 bits per heavy atom. The second kappa shape index (κ2) is 12.1. The van der Waals surface area contributed by atoms with Gasteiger partial charge in [-0.05, 0) is 42.8 Å². The highest BCUT2D eigenvalue weighted by Gasteiger charge is 2.30. The summed E-state index contributed by atoms with van der Waals surface area (Å²) in [5, 5.41) is 0.649. The summed E-state index contributed by atoms with van der Waals surface area (Å²) in [6, 6.07) is 0. The van der Waals surface area contributed by atoms with Crippen molar-refractivity contribution < 1.29 is 19.1 Å². The van der Waals surface area contributed by atoms with Crippen LogP contribution in [0, 0.1) is 17.8 Å². The monoisotopic (exact) mass is 376 g/mol. The van der Waals surface area contributed by atoms with Gasteiger partial charge in [-0.15, -0.1) is 0 Å². The van der Waals surface area contributed by atoms with E-state index in [1.54, 1.807) is 0 Å². The zero-order valence-corrected chi connectivity index (χ0v) is 17.0.